The van der Waals surface area contributed by atoms with Gasteiger partial charge in [-0.05, 0) is 56.0 Å². The Hall–Kier alpha value is -2.36. The topological polar surface area (TPSA) is 45.2 Å². The second-order valence-corrected chi connectivity index (χ2v) is 5.80. The van der Waals surface area contributed by atoms with Crippen molar-refractivity contribution < 1.29 is 4.79 Å². The lowest BCUT2D eigenvalue weighted by molar-refractivity contribution is 0.102. The highest BCUT2D eigenvalue weighted by Gasteiger charge is 2.15. The largest absolute Gasteiger partial charge is 0.371 e. The van der Waals surface area contributed by atoms with Crippen LogP contribution in [0.25, 0.3) is 0 Å². The Kier molecular flexibility index (Phi) is 4.09. The fraction of sp³-hybridized carbons (Fsp3) is 0.333. The molecule has 0 bridgehead atoms. The number of amides is 1. The zero-order chi connectivity index (χ0) is 15.5. The number of aromatic nitrogens is 1. The first-order valence-corrected chi connectivity index (χ1v) is 7.74. The van der Waals surface area contributed by atoms with Crippen LogP contribution < -0.4 is 10.2 Å². The number of nitrogens with zero attached hydrogens (tertiary/aromatic N) is 2. The highest BCUT2D eigenvalue weighted by atomic mass is 16.1. The number of nitrogens with one attached hydrogen (secondary N) is 1. The average Bonchev–Trinajstić information content (AvgIpc) is 3.06. The first kappa shape index (κ1) is 14.6. The molecule has 1 saturated heterocycles. The minimum atomic E-state index is -0.158. The van der Waals surface area contributed by atoms with Gasteiger partial charge in [0.1, 0.15) is 5.69 Å². The van der Waals surface area contributed by atoms with Crippen LogP contribution in [0.3, 0.4) is 0 Å². The van der Waals surface area contributed by atoms with Crippen molar-refractivity contribution in [1.29, 1.82) is 0 Å². The van der Waals surface area contributed by atoms with Crippen molar-refractivity contribution in [3.8, 4) is 0 Å². The smallest absolute Gasteiger partial charge is 0.274 e. The van der Waals surface area contributed by atoms with Gasteiger partial charge in [-0.1, -0.05) is 12.1 Å². The number of benzene rings is 1. The highest BCUT2D eigenvalue weighted by Crippen LogP contribution is 2.22. The summed E-state index contributed by atoms with van der Waals surface area (Å²) in [6.45, 7) is 6.17. The van der Waals surface area contributed by atoms with Gasteiger partial charge in [-0.25, -0.2) is 0 Å². The molecule has 4 nitrogen and oxygen atoms in total. The molecule has 3 rings (SSSR count). The molecular weight excluding hydrogens is 274 g/mol. The van der Waals surface area contributed by atoms with Crippen LogP contribution in [-0.4, -0.2) is 24.0 Å². The number of aryl methyl sites for hydroxylation is 1. The van der Waals surface area contributed by atoms with Crippen LogP contribution in [0.1, 0.15) is 34.5 Å². The van der Waals surface area contributed by atoms with Crippen molar-refractivity contribution in [3.05, 3.63) is 53.3 Å². The lowest BCUT2D eigenvalue weighted by Gasteiger charge is -2.18. The molecule has 0 atom stereocenters. The lowest BCUT2D eigenvalue weighted by atomic mass is 10.1. The Morgan fingerprint density at radius 2 is 1.95 bits per heavy atom. The molecule has 1 aromatic carbocycles. The van der Waals surface area contributed by atoms with Crippen LogP contribution in [0.15, 0.2) is 36.5 Å². The maximum absolute atomic E-state index is 12.5. The second kappa shape index (κ2) is 6.18. The van der Waals surface area contributed by atoms with E-state index in [0.717, 1.165) is 35.6 Å². The molecule has 0 saturated carbocycles. The van der Waals surface area contributed by atoms with Crippen LogP contribution in [-0.2, 0) is 0 Å². The molecule has 1 aliphatic rings. The first-order valence-electron chi connectivity index (χ1n) is 7.74. The molecule has 1 N–H and O–H groups in total. The molecule has 1 aliphatic heterocycles. The molecule has 0 aliphatic carbocycles. The van der Waals surface area contributed by atoms with Crippen molar-refractivity contribution in [3.63, 3.8) is 0 Å². The van der Waals surface area contributed by atoms with Gasteiger partial charge in [0.2, 0.25) is 0 Å². The Bertz CT molecular complexity index is 690. The van der Waals surface area contributed by atoms with Crippen LogP contribution in [0.5, 0.6) is 0 Å². The van der Waals surface area contributed by atoms with Crippen molar-refractivity contribution >= 4 is 17.3 Å². The van der Waals surface area contributed by atoms with E-state index in [4.69, 9.17) is 0 Å². The van der Waals surface area contributed by atoms with Gasteiger partial charge in [0.15, 0.2) is 0 Å². The third-order valence-electron chi connectivity index (χ3n) is 4.30. The predicted octanol–water partition coefficient (Wildman–Crippen LogP) is 3.55. The molecule has 0 spiro atoms. The van der Waals surface area contributed by atoms with Gasteiger partial charge in [-0.2, -0.15) is 0 Å². The average molecular weight is 295 g/mol. The van der Waals surface area contributed by atoms with Gasteiger partial charge < -0.3 is 10.2 Å². The van der Waals surface area contributed by atoms with E-state index in [0.29, 0.717) is 5.69 Å². The summed E-state index contributed by atoms with van der Waals surface area (Å²) in [6.07, 6.45) is 4.14. The standard InChI is InChI=1S/C18H21N3O/c1-13-6-5-7-16(14(13)2)20-18(22)17-12-15(8-9-19-17)21-10-3-4-11-21/h5-9,12H,3-4,10-11H2,1-2H3,(H,20,22). The molecule has 2 heterocycles. The molecule has 2 aromatic rings. The maximum Gasteiger partial charge on any atom is 0.274 e. The molecule has 0 unspecified atom stereocenters. The van der Waals surface area contributed by atoms with E-state index in [-0.39, 0.29) is 5.91 Å². The number of hydrogen-bond donors (Lipinski definition) is 1. The SMILES string of the molecule is Cc1cccc(NC(=O)c2cc(N3CCCC3)ccn2)c1C. The normalized spacial score (nSPS) is 14.2. The van der Waals surface area contributed by atoms with E-state index in [9.17, 15) is 4.79 Å². The quantitative estimate of drug-likeness (QED) is 0.942. The van der Waals surface area contributed by atoms with E-state index in [1.807, 2.05) is 44.2 Å². The fourth-order valence-corrected chi connectivity index (χ4v) is 2.79. The summed E-state index contributed by atoms with van der Waals surface area (Å²) in [5.41, 5.74) is 4.64. The Morgan fingerprint density at radius 3 is 2.73 bits per heavy atom. The molecular formula is C18H21N3O. The first-order chi connectivity index (χ1) is 10.6. The number of pyridine rings is 1. The monoisotopic (exact) mass is 295 g/mol. The van der Waals surface area contributed by atoms with Crippen molar-refractivity contribution in [2.45, 2.75) is 26.7 Å². The summed E-state index contributed by atoms with van der Waals surface area (Å²) in [5, 5.41) is 2.97. The molecule has 1 aromatic heterocycles. The number of rotatable bonds is 3. The summed E-state index contributed by atoms with van der Waals surface area (Å²) in [5.74, 6) is -0.158. The number of carbonyl (C=O) groups excluding carboxylic acids is 1. The molecule has 1 amide bonds. The Balaban J connectivity index is 1.80. The van der Waals surface area contributed by atoms with Gasteiger partial charge in [0.05, 0.1) is 0 Å². The van der Waals surface area contributed by atoms with Gasteiger partial charge in [0.25, 0.3) is 5.91 Å². The molecule has 4 heteroatoms. The highest BCUT2D eigenvalue weighted by molar-refractivity contribution is 6.03. The molecule has 1 fully saturated rings. The number of carbonyl (C=O) groups is 1. The Labute approximate surface area is 131 Å². The van der Waals surface area contributed by atoms with E-state index in [1.165, 1.54) is 12.8 Å². The lowest BCUT2D eigenvalue weighted by Crippen LogP contribution is -2.20. The zero-order valence-electron chi connectivity index (χ0n) is 13.1. The van der Waals surface area contributed by atoms with Crippen molar-refractivity contribution in [2.75, 3.05) is 23.3 Å². The summed E-state index contributed by atoms with van der Waals surface area (Å²) in [4.78, 5) is 19.0. The third-order valence-corrected chi connectivity index (χ3v) is 4.30. The minimum Gasteiger partial charge on any atom is -0.371 e. The van der Waals surface area contributed by atoms with Gasteiger partial charge in [-0.3, -0.25) is 9.78 Å². The second-order valence-electron chi connectivity index (χ2n) is 5.80. The number of hydrogen-bond acceptors (Lipinski definition) is 3. The third kappa shape index (κ3) is 2.96. The molecule has 114 valence electrons. The van der Waals surface area contributed by atoms with E-state index < -0.39 is 0 Å². The van der Waals surface area contributed by atoms with Crippen LogP contribution in [0.2, 0.25) is 0 Å². The van der Waals surface area contributed by atoms with Crippen LogP contribution >= 0.6 is 0 Å². The maximum atomic E-state index is 12.5. The number of anilines is 2. The summed E-state index contributed by atoms with van der Waals surface area (Å²) in [6, 6.07) is 9.76. The minimum absolute atomic E-state index is 0.158. The fourth-order valence-electron chi connectivity index (χ4n) is 2.79. The summed E-state index contributed by atoms with van der Waals surface area (Å²) in [7, 11) is 0. The van der Waals surface area contributed by atoms with E-state index in [2.05, 4.69) is 15.2 Å². The van der Waals surface area contributed by atoms with Crippen molar-refractivity contribution in [1.82, 2.24) is 4.98 Å². The zero-order valence-corrected chi connectivity index (χ0v) is 13.1. The van der Waals surface area contributed by atoms with E-state index in [1.54, 1.807) is 6.20 Å². The Morgan fingerprint density at radius 1 is 1.18 bits per heavy atom. The van der Waals surface area contributed by atoms with Crippen LogP contribution in [0.4, 0.5) is 11.4 Å². The summed E-state index contributed by atoms with van der Waals surface area (Å²) >= 11 is 0. The van der Waals surface area contributed by atoms with Gasteiger partial charge >= 0.3 is 0 Å². The van der Waals surface area contributed by atoms with Crippen molar-refractivity contribution in [2.24, 2.45) is 0 Å². The predicted molar refractivity (Wildman–Crippen MR) is 89.6 cm³/mol. The van der Waals surface area contributed by atoms with Gasteiger partial charge in [0, 0.05) is 30.7 Å². The van der Waals surface area contributed by atoms with Gasteiger partial charge in [-0.15, -0.1) is 0 Å². The van der Waals surface area contributed by atoms with E-state index >= 15 is 0 Å². The molecule has 0 radical (unpaired) electrons. The van der Waals surface area contributed by atoms with Crippen LogP contribution in [0, 0.1) is 13.8 Å². The molecule has 22 heavy (non-hydrogen) atoms. The summed E-state index contributed by atoms with van der Waals surface area (Å²) < 4.78 is 0.